The van der Waals surface area contributed by atoms with Crippen LogP contribution in [0.2, 0.25) is 5.02 Å². The molecule has 0 fully saturated rings. The Morgan fingerprint density at radius 3 is 2.47 bits per heavy atom. The zero-order valence-corrected chi connectivity index (χ0v) is 19.5. The lowest BCUT2D eigenvalue weighted by Gasteiger charge is -2.37. The molecule has 1 amide bonds. The van der Waals surface area contributed by atoms with Crippen molar-refractivity contribution in [2.24, 2.45) is 0 Å². The van der Waals surface area contributed by atoms with E-state index in [1.54, 1.807) is 14.2 Å². The van der Waals surface area contributed by atoms with E-state index in [4.69, 9.17) is 21.1 Å². The lowest BCUT2D eigenvalue weighted by atomic mass is 9.87. The molecule has 176 valence electrons. The number of methoxy groups -OCH3 is 2. The van der Waals surface area contributed by atoms with Crippen molar-refractivity contribution in [3.63, 3.8) is 0 Å². The van der Waals surface area contributed by atoms with Crippen LogP contribution in [0.5, 0.6) is 11.5 Å². The number of ether oxygens (including phenoxy) is 2. The van der Waals surface area contributed by atoms with Gasteiger partial charge in [-0.3, -0.25) is 19.8 Å². The summed E-state index contributed by atoms with van der Waals surface area (Å²) < 4.78 is 11.0. The summed E-state index contributed by atoms with van der Waals surface area (Å²) in [6.07, 6.45) is 0.741. The van der Waals surface area contributed by atoms with Gasteiger partial charge in [0.25, 0.3) is 5.69 Å². The summed E-state index contributed by atoms with van der Waals surface area (Å²) in [5.74, 6) is 1.04. The van der Waals surface area contributed by atoms with Crippen LogP contribution >= 0.6 is 11.6 Å². The van der Waals surface area contributed by atoms with Gasteiger partial charge in [-0.15, -0.1) is 0 Å². The van der Waals surface area contributed by atoms with Gasteiger partial charge < -0.3 is 14.8 Å². The second-order valence-electron chi connectivity index (χ2n) is 7.91. The number of nitro benzene ring substituents is 1. The van der Waals surface area contributed by atoms with E-state index in [1.807, 2.05) is 42.5 Å². The number of hydrogen-bond donors (Lipinski definition) is 1. The van der Waals surface area contributed by atoms with E-state index >= 15 is 0 Å². The molecule has 4 rings (SSSR count). The summed E-state index contributed by atoms with van der Waals surface area (Å²) in [5.41, 5.74) is 3.44. The van der Waals surface area contributed by atoms with Crippen molar-refractivity contribution in [1.82, 2.24) is 4.90 Å². The summed E-state index contributed by atoms with van der Waals surface area (Å²) >= 11 is 6.16. The minimum atomic E-state index is -0.531. The molecule has 9 heteroatoms. The van der Waals surface area contributed by atoms with Crippen molar-refractivity contribution < 1.29 is 19.2 Å². The molecule has 3 aromatic rings. The third-order valence-electron chi connectivity index (χ3n) is 5.87. The highest BCUT2D eigenvalue weighted by atomic mass is 35.5. The van der Waals surface area contributed by atoms with E-state index < -0.39 is 4.92 Å². The predicted octanol–water partition coefficient (Wildman–Crippen LogP) is 4.85. The van der Waals surface area contributed by atoms with Crippen molar-refractivity contribution in [2.45, 2.75) is 12.5 Å². The maximum atomic E-state index is 13.0. The van der Waals surface area contributed by atoms with Gasteiger partial charge in [0, 0.05) is 18.7 Å². The van der Waals surface area contributed by atoms with E-state index in [0.717, 1.165) is 23.1 Å². The number of nitrogens with zero attached hydrogens (tertiary/aromatic N) is 2. The first-order chi connectivity index (χ1) is 16.4. The Bertz CT molecular complexity index is 1220. The molecule has 34 heavy (non-hydrogen) atoms. The molecule has 0 aliphatic carbocycles. The van der Waals surface area contributed by atoms with Gasteiger partial charge in [0.15, 0.2) is 11.5 Å². The number of amides is 1. The van der Waals surface area contributed by atoms with Gasteiger partial charge in [-0.2, -0.15) is 0 Å². The first-order valence-corrected chi connectivity index (χ1v) is 11.1. The van der Waals surface area contributed by atoms with E-state index in [0.29, 0.717) is 23.7 Å². The third kappa shape index (κ3) is 4.83. The van der Waals surface area contributed by atoms with E-state index in [9.17, 15) is 14.9 Å². The number of carbonyl (C=O) groups excluding carboxylic acids is 1. The number of nitro groups is 1. The maximum absolute atomic E-state index is 13.0. The standard InChI is InChI=1S/C25H24ClN3O5/c1-33-22-12-17-10-11-28(15-24(30)27-21-9-8-18(29(31)32)13-20(21)26)25(16-6-4-3-5-7-16)19(17)14-23(22)34-2/h3-9,12-14,25H,10-11,15H2,1-2H3,(H,27,30)/t25-/m1/s1. The number of nitrogens with one attached hydrogen (secondary N) is 1. The van der Waals surface area contributed by atoms with Crippen molar-refractivity contribution in [3.05, 3.63) is 92.5 Å². The van der Waals surface area contributed by atoms with Crippen LogP contribution in [0.1, 0.15) is 22.7 Å². The second kappa shape index (κ2) is 10.1. The summed E-state index contributed by atoms with van der Waals surface area (Å²) in [6.45, 7) is 0.768. The first kappa shape index (κ1) is 23.5. The Kier molecular flexibility index (Phi) is 7.00. The fourth-order valence-corrected chi connectivity index (χ4v) is 4.51. The van der Waals surface area contributed by atoms with Crippen LogP contribution in [0, 0.1) is 10.1 Å². The molecule has 1 aliphatic rings. The van der Waals surface area contributed by atoms with Crippen LogP contribution in [-0.2, 0) is 11.2 Å². The molecule has 1 N–H and O–H groups in total. The summed E-state index contributed by atoms with van der Waals surface area (Å²) in [5, 5.41) is 13.8. The number of hydrogen-bond acceptors (Lipinski definition) is 6. The van der Waals surface area contributed by atoms with Gasteiger partial charge in [-0.05, 0) is 41.3 Å². The van der Waals surface area contributed by atoms with Crippen LogP contribution in [0.4, 0.5) is 11.4 Å². The van der Waals surface area contributed by atoms with Crippen molar-refractivity contribution in [2.75, 3.05) is 32.6 Å². The van der Waals surface area contributed by atoms with Crippen molar-refractivity contribution in [1.29, 1.82) is 0 Å². The van der Waals surface area contributed by atoms with E-state index in [1.165, 1.54) is 18.2 Å². The topological polar surface area (TPSA) is 93.9 Å². The molecule has 3 aromatic carbocycles. The Morgan fingerprint density at radius 1 is 1.12 bits per heavy atom. The molecule has 1 atom stereocenters. The summed E-state index contributed by atoms with van der Waals surface area (Å²) in [4.78, 5) is 25.5. The molecule has 8 nitrogen and oxygen atoms in total. The van der Waals surface area contributed by atoms with E-state index in [2.05, 4.69) is 10.2 Å². The van der Waals surface area contributed by atoms with Gasteiger partial charge in [0.1, 0.15) is 0 Å². The van der Waals surface area contributed by atoms with Gasteiger partial charge in [-0.25, -0.2) is 0 Å². The van der Waals surface area contributed by atoms with Gasteiger partial charge in [0.2, 0.25) is 5.91 Å². The van der Waals surface area contributed by atoms with Crippen molar-refractivity contribution >= 4 is 28.9 Å². The zero-order valence-electron chi connectivity index (χ0n) is 18.8. The number of benzene rings is 3. The fraction of sp³-hybridized carbons (Fsp3) is 0.240. The van der Waals surface area contributed by atoms with Crippen LogP contribution in [0.25, 0.3) is 0 Å². The largest absolute Gasteiger partial charge is 0.493 e. The average molecular weight is 482 g/mol. The fourth-order valence-electron chi connectivity index (χ4n) is 4.29. The van der Waals surface area contributed by atoms with Crippen LogP contribution < -0.4 is 14.8 Å². The predicted molar refractivity (Wildman–Crippen MR) is 130 cm³/mol. The number of halogens is 1. The Hall–Kier alpha value is -3.62. The number of anilines is 1. The smallest absolute Gasteiger partial charge is 0.271 e. The molecule has 0 spiro atoms. The molecular formula is C25H24ClN3O5. The van der Waals surface area contributed by atoms with Crippen LogP contribution in [0.15, 0.2) is 60.7 Å². The molecular weight excluding hydrogens is 458 g/mol. The summed E-state index contributed by atoms with van der Waals surface area (Å²) in [7, 11) is 3.21. The Balaban J connectivity index is 1.62. The molecule has 0 saturated heterocycles. The van der Waals surface area contributed by atoms with E-state index in [-0.39, 0.29) is 29.2 Å². The molecule has 0 bridgehead atoms. The molecule has 0 unspecified atom stereocenters. The summed E-state index contributed by atoms with van der Waals surface area (Å²) in [6, 6.07) is 17.8. The molecule has 0 radical (unpaired) electrons. The number of carbonyl (C=O) groups is 1. The number of fused-ring (bicyclic) bond motifs is 1. The monoisotopic (exact) mass is 481 g/mol. The van der Waals surface area contributed by atoms with Gasteiger partial charge >= 0.3 is 0 Å². The highest BCUT2D eigenvalue weighted by molar-refractivity contribution is 6.34. The minimum absolute atomic E-state index is 0.112. The quantitative estimate of drug-likeness (QED) is 0.383. The van der Waals surface area contributed by atoms with Crippen LogP contribution in [0.3, 0.4) is 0 Å². The third-order valence-corrected chi connectivity index (χ3v) is 6.19. The Labute approximate surface area is 202 Å². The normalized spacial score (nSPS) is 15.3. The molecule has 1 heterocycles. The molecule has 1 aliphatic heterocycles. The lowest BCUT2D eigenvalue weighted by molar-refractivity contribution is -0.384. The average Bonchev–Trinajstić information content (AvgIpc) is 2.84. The minimum Gasteiger partial charge on any atom is -0.493 e. The maximum Gasteiger partial charge on any atom is 0.271 e. The molecule has 0 aromatic heterocycles. The zero-order chi connectivity index (χ0) is 24.2. The highest BCUT2D eigenvalue weighted by Gasteiger charge is 2.31. The van der Waals surface area contributed by atoms with Gasteiger partial charge in [-0.1, -0.05) is 41.9 Å². The second-order valence-corrected chi connectivity index (χ2v) is 8.32. The van der Waals surface area contributed by atoms with Crippen molar-refractivity contribution in [3.8, 4) is 11.5 Å². The highest BCUT2D eigenvalue weighted by Crippen LogP contribution is 2.41. The Morgan fingerprint density at radius 2 is 1.82 bits per heavy atom. The SMILES string of the molecule is COc1cc2c(cc1OC)[C@@H](c1ccccc1)N(CC(=O)Nc1ccc([N+](=O)[O-])cc1Cl)CC2. The van der Waals surface area contributed by atoms with Crippen LogP contribution in [-0.4, -0.2) is 43.0 Å². The number of rotatable bonds is 7. The van der Waals surface area contributed by atoms with Gasteiger partial charge in [0.05, 0.1) is 42.4 Å². The number of non-ortho nitro benzene ring substituents is 1. The molecule has 0 saturated carbocycles. The lowest BCUT2D eigenvalue weighted by Crippen LogP contribution is -2.41. The first-order valence-electron chi connectivity index (χ1n) is 10.7.